The van der Waals surface area contributed by atoms with Gasteiger partial charge in [0.25, 0.3) is 5.91 Å². The van der Waals surface area contributed by atoms with E-state index in [1.54, 1.807) is 6.20 Å². The molecule has 2 aliphatic heterocycles. The minimum atomic E-state index is 0.119. The molecule has 0 aromatic carbocycles. The highest BCUT2D eigenvalue weighted by Gasteiger charge is 2.38. The third kappa shape index (κ3) is 2.88. The van der Waals surface area contributed by atoms with E-state index in [4.69, 9.17) is 0 Å². The maximum atomic E-state index is 12.5. The molecular formula is C16H24N4O. The van der Waals surface area contributed by atoms with Crippen LogP contribution in [0.3, 0.4) is 0 Å². The summed E-state index contributed by atoms with van der Waals surface area (Å²) in [6.07, 6.45) is 5.19. The Labute approximate surface area is 126 Å². The molecule has 2 aliphatic rings. The smallest absolute Gasteiger partial charge is 0.255 e. The number of piperidine rings is 1. The molecule has 0 atom stereocenters. The number of rotatable bonds is 2. The average Bonchev–Trinajstić information content (AvgIpc) is 2.96. The van der Waals surface area contributed by atoms with E-state index in [1.165, 1.54) is 6.42 Å². The van der Waals surface area contributed by atoms with Crippen molar-refractivity contribution in [3.05, 3.63) is 23.9 Å². The first kappa shape index (κ1) is 14.3. The molecule has 114 valence electrons. The Morgan fingerprint density at radius 1 is 1.29 bits per heavy atom. The van der Waals surface area contributed by atoms with Crippen LogP contribution in [-0.4, -0.2) is 56.1 Å². The Kier molecular flexibility index (Phi) is 3.85. The highest BCUT2D eigenvalue weighted by Crippen LogP contribution is 2.37. The summed E-state index contributed by atoms with van der Waals surface area (Å²) in [7, 11) is 3.90. The normalized spacial score (nSPS) is 20.8. The Morgan fingerprint density at radius 2 is 2.05 bits per heavy atom. The van der Waals surface area contributed by atoms with E-state index in [0.717, 1.165) is 44.8 Å². The number of carbonyl (C=O) groups is 1. The van der Waals surface area contributed by atoms with Crippen molar-refractivity contribution in [3.63, 3.8) is 0 Å². The van der Waals surface area contributed by atoms with E-state index in [9.17, 15) is 4.79 Å². The van der Waals surface area contributed by atoms with Gasteiger partial charge >= 0.3 is 0 Å². The molecule has 1 N–H and O–H groups in total. The molecule has 0 unspecified atom stereocenters. The first-order valence-corrected chi connectivity index (χ1v) is 7.73. The van der Waals surface area contributed by atoms with Crippen LogP contribution in [-0.2, 0) is 0 Å². The van der Waals surface area contributed by atoms with Gasteiger partial charge in [-0.15, -0.1) is 0 Å². The number of hydrogen-bond acceptors (Lipinski definition) is 4. The first-order valence-electron chi connectivity index (χ1n) is 7.73. The second-order valence-corrected chi connectivity index (χ2v) is 6.52. The SMILES string of the molecule is CN(C)c1ccc(C(=O)N2CCC3(CCNC3)CC2)cn1. The fourth-order valence-electron chi connectivity index (χ4n) is 3.37. The largest absolute Gasteiger partial charge is 0.363 e. The standard InChI is InChI=1S/C16H24N4O/c1-19(2)14-4-3-13(11-18-14)15(21)20-9-6-16(7-10-20)5-8-17-12-16/h3-4,11,17H,5-10,12H2,1-2H3. The quantitative estimate of drug-likeness (QED) is 0.893. The fraction of sp³-hybridized carbons (Fsp3) is 0.625. The van der Waals surface area contributed by atoms with Crippen LogP contribution in [0, 0.1) is 5.41 Å². The van der Waals surface area contributed by atoms with Crippen LogP contribution < -0.4 is 10.2 Å². The second kappa shape index (κ2) is 5.64. The zero-order chi connectivity index (χ0) is 14.9. The van der Waals surface area contributed by atoms with Gasteiger partial charge in [-0.1, -0.05) is 0 Å². The van der Waals surface area contributed by atoms with Crippen molar-refractivity contribution >= 4 is 11.7 Å². The molecule has 5 nitrogen and oxygen atoms in total. The zero-order valence-electron chi connectivity index (χ0n) is 12.9. The average molecular weight is 288 g/mol. The molecule has 1 spiro atoms. The minimum Gasteiger partial charge on any atom is -0.363 e. The highest BCUT2D eigenvalue weighted by atomic mass is 16.2. The summed E-state index contributed by atoms with van der Waals surface area (Å²) in [5.41, 5.74) is 1.14. The molecule has 3 rings (SSSR count). The minimum absolute atomic E-state index is 0.119. The molecule has 1 aromatic rings. The number of carbonyl (C=O) groups excluding carboxylic acids is 1. The fourth-order valence-corrected chi connectivity index (χ4v) is 3.37. The van der Waals surface area contributed by atoms with Gasteiger partial charge in [0.05, 0.1) is 5.56 Å². The number of pyridine rings is 1. The van der Waals surface area contributed by atoms with Crippen molar-refractivity contribution in [1.82, 2.24) is 15.2 Å². The van der Waals surface area contributed by atoms with Gasteiger partial charge in [0.2, 0.25) is 0 Å². The second-order valence-electron chi connectivity index (χ2n) is 6.52. The number of anilines is 1. The van der Waals surface area contributed by atoms with Crippen molar-refractivity contribution in [1.29, 1.82) is 0 Å². The summed E-state index contributed by atoms with van der Waals surface area (Å²) < 4.78 is 0. The van der Waals surface area contributed by atoms with Gasteiger partial charge in [0.1, 0.15) is 5.82 Å². The van der Waals surface area contributed by atoms with Crippen molar-refractivity contribution in [3.8, 4) is 0 Å². The summed E-state index contributed by atoms with van der Waals surface area (Å²) in [6.45, 7) is 3.99. The Balaban J connectivity index is 1.63. The Hall–Kier alpha value is -1.62. The lowest BCUT2D eigenvalue weighted by atomic mass is 9.78. The Bertz CT molecular complexity index is 496. The van der Waals surface area contributed by atoms with E-state index in [1.807, 2.05) is 36.0 Å². The molecule has 5 heteroatoms. The van der Waals surface area contributed by atoms with Crippen LogP contribution in [0.15, 0.2) is 18.3 Å². The van der Waals surface area contributed by atoms with Crippen LogP contribution >= 0.6 is 0 Å². The monoisotopic (exact) mass is 288 g/mol. The van der Waals surface area contributed by atoms with Crippen LogP contribution in [0.2, 0.25) is 0 Å². The van der Waals surface area contributed by atoms with E-state index in [-0.39, 0.29) is 5.91 Å². The molecule has 1 aromatic heterocycles. The van der Waals surface area contributed by atoms with E-state index >= 15 is 0 Å². The molecule has 21 heavy (non-hydrogen) atoms. The van der Waals surface area contributed by atoms with Gasteiger partial charge in [-0.3, -0.25) is 4.79 Å². The van der Waals surface area contributed by atoms with Crippen LogP contribution in [0.4, 0.5) is 5.82 Å². The summed E-state index contributed by atoms with van der Waals surface area (Å²) in [4.78, 5) is 20.8. The highest BCUT2D eigenvalue weighted by molar-refractivity contribution is 5.94. The third-order valence-corrected chi connectivity index (χ3v) is 4.90. The zero-order valence-corrected chi connectivity index (χ0v) is 12.9. The molecule has 2 saturated heterocycles. The molecule has 2 fully saturated rings. The number of nitrogens with one attached hydrogen (secondary N) is 1. The molecule has 1 amide bonds. The van der Waals surface area contributed by atoms with E-state index < -0.39 is 0 Å². The third-order valence-electron chi connectivity index (χ3n) is 4.90. The van der Waals surface area contributed by atoms with Gasteiger partial charge < -0.3 is 15.1 Å². The van der Waals surface area contributed by atoms with Gasteiger partial charge in [-0.25, -0.2) is 4.98 Å². The van der Waals surface area contributed by atoms with Gasteiger partial charge in [0.15, 0.2) is 0 Å². The molecule has 3 heterocycles. The number of nitrogens with zero attached hydrogens (tertiary/aromatic N) is 3. The molecule has 0 aliphatic carbocycles. The predicted molar refractivity (Wildman–Crippen MR) is 83.6 cm³/mol. The van der Waals surface area contributed by atoms with Gasteiger partial charge in [-0.2, -0.15) is 0 Å². The van der Waals surface area contributed by atoms with Gasteiger partial charge in [0, 0.05) is 39.9 Å². The number of hydrogen-bond donors (Lipinski definition) is 1. The van der Waals surface area contributed by atoms with E-state index in [0.29, 0.717) is 11.0 Å². The van der Waals surface area contributed by atoms with Crippen LogP contribution in [0.5, 0.6) is 0 Å². The molecule has 0 bridgehead atoms. The lowest BCUT2D eigenvalue weighted by molar-refractivity contribution is 0.0607. The predicted octanol–water partition coefficient (Wildman–Crippen LogP) is 1.36. The lowest BCUT2D eigenvalue weighted by Gasteiger charge is -2.38. The topological polar surface area (TPSA) is 48.5 Å². The van der Waals surface area contributed by atoms with Crippen molar-refractivity contribution in [2.45, 2.75) is 19.3 Å². The maximum absolute atomic E-state index is 12.5. The molecule has 0 radical (unpaired) electrons. The summed E-state index contributed by atoms with van der Waals surface area (Å²) in [5.74, 6) is 0.995. The lowest BCUT2D eigenvalue weighted by Crippen LogP contribution is -2.44. The number of amides is 1. The maximum Gasteiger partial charge on any atom is 0.255 e. The van der Waals surface area contributed by atoms with Gasteiger partial charge in [-0.05, 0) is 43.4 Å². The first-order chi connectivity index (χ1) is 10.1. The molecule has 0 saturated carbocycles. The van der Waals surface area contributed by atoms with Crippen molar-refractivity contribution < 1.29 is 4.79 Å². The van der Waals surface area contributed by atoms with Crippen molar-refractivity contribution in [2.24, 2.45) is 5.41 Å². The summed E-state index contributed by atoms with van der Waals surface area (Å²) >= 11 is 0. The summed E-state index contributed by atoms with van der Waals surface area (Å²) in [5, 5.41) is 3.46. The number of aromatic nitrogens is 1. The Morgan fingerprint density at radius 3 is 2.57 bits per heavy atom. The summed E-state index contributed by atoms with van der Waals surface area (Å²) in [6, 6.07) is 3.78. The van der Waals surface area contributed by atoms with Crippen LogP contribution in [0.25, 0.3) is 0 Å². The van der Waals surface area contributed by atoms with Crippen molar-refractivity contribution in [2.75, 3.05) is 45.2 Å². The van der Waals surface area contributed by atoms with Crippen LogP contribution in [0.1, 0.15) is 29.6 Å². The van der Waals surface area contributed by atoms with E-state index in [2.05, 4.69) is 10.3 Å². The molecular weight excluding hydrogens is 264 g/mol. The number of likely N-dealkylation sites (tertiary alicyclic amines) is 1.